The van der Waals surface area contributed by atoms with Gasteiger partial charge in [-0.25, -0.2) is 18.6 Å². The minimum absolute atomic E-state index is 0.198. The lowest BCUT2D eigenvalue weighted by molar-refractivity contribution is 0.0953. The van der Waals surface area contributed by atoms with Crippen LogP contribution in [-0.2, 0) is 6.54 Å². The molecule has 0 atom stereocenters. The van der Waals surface area contributed by atoms with Crippen LogP contribution in [0.5, 0.6) is 0 Å². The Balaban J connectivity index is 1.63. The third-order valence-electron chi connectivity index (χ3n) is 3.79. The summed E-state index contributed by atoms with van der Waals surface area (Å²) in [6.07, 6.45) is 0. The molecular formula is C19H15ClF2N4O2S. The van der Waals surface area contributed by atoms with Crippen molar-refractivity contribution in [3.63, 3.8) is 0 Å². The molecule has 2 aromatic carbocycles. The monoisotopic (exact) mass is 436 g/mol. The third-order valence-corrected chi connectivity index (χ3v) is 5.10. The van der Waals surface area contributed by atoms with Crippen LogP contribution in [0.15, 0.2) is 42.5 Å². The zero-order chi connectivity index (χ0) is 21.0. The van der Waals surface area contributed by atoms with Gasteiger partial charge in [0.05, 0.1) is 5.69 Å². The number of thiazole rings is 1. The normalized spacial score (nSPS) is 10.5. The lowest BCUT2D eigenvalue weighted by Gasteiger charge is -2.06. The largest absolute Gasteiger partial charge is 0.347 e. The molecule has 0 fully saturated rings. The van der Waals surface area contributed by atoms with Crippen molar-refractivity contribution in [3.05, 3.63) is 75.3 Å². The molecular weight excluding hydrogens is 422 g/mol. The highest BCUT2D eigenvalue weighted by Gasteiger charge is 2.18. The molecule has 0 saturated carbocycles. The predicted molar refractivity (Wildman–Crippen MR) is 108 cm³/mol. The molecule has 3 N–H and O–H groups in total. The van der Waals surface area contributed by atoms with Crippen molar-refractivity contribution in [1.29, 1.82) is 0 Å². The van der Waals surface area contributed by atoms with Gasteiger partial charge in [0, 0.05) is 22.8 Å². The fourth-order valence-corrected chi connectivity index (χ4v) is 3.50. The van der Waals surface area contributed by atoms with Crippen molar-refractivity contribution in [2.24, 2.45) is 0 Å². The summed E-state index contributed by atoms with van der Waals surface area (Å²) in [5.41, 5.74) is 0.634. The van der Waals surface area contributed by atoms with E-state index in [2.05, 4.69) is 20.9 Å². The zero-order valence-electron chi connectivity index (χ0n) is 15.1. The Morgan fingerprint density at radius 3 is 2.48 bits per heavy atom. The number of aromatic nitrogens is 1. The lowest BCUT2D eigenvalue weighted by Crippen LogP contribution is -2.23. The number of benzene rings is 2. The fourth-order valence-electron chi connectivity index (χ4n) is 2.44. The Morgan fingerprint density at radius 2 is 1.79 bits per heavy atom. The van der Waals surface area contributed by atoms with Crippen LogP contribution in [0.1, 0.15) is 20.9 Å². The summed E-state index contributed by atoms with van der Waals surface area (Å²) in [5.74, 6) is -2.04. The van der Waals surface area contributed by atoms with Crippen LogP contribution in [0, 0.1) is 18.6 Å². The number of amides is 3. The van der Waals surface area contributed by atoms with E-state index in [0.29, 0.717) is 16.4 Å². The molecule has 1 aromatic heterocycles. The van der Waals surface area contributed by atoms with Gasteiger partial charge in [-0.05, 0) is 37.3 Å². The van der Waals surface area contributed by atoms with E-state index >= 15 is 0 Å². The number of hydrogen-bond donors (Lipinski definition) is 3. The van der Waals surface area contributed by atoms with Gasteiger partial charge in [-0.15, -0.1) is 0 Å². The number of nitrogens with one attached hydrogen (secondary N) is 3. The highest BCUT2D eigenvalue weighted by molar-refractivity contribution is 7.17. The molecule has 150 valence electrons. The van der Waals surface area contributed by atoms with E-state index in [-0.39, 0.29) is 22.1 Å². The van der Waals surface area contributed by atoms with Crippen LogP contribution in [0.25, 0.3) is 0 Å². The molecule has 0 aliphatic rings. The van der Waals surface area contributed by atoms with Gasteiger partial charge in [-0.1, -0.05) is 35.1 Å². The summed E-state index contributed by atoms with van der Waals surface area (Å²) in [5, 5.41) is 8.26. The van der Waals surface area contributed by atoms with Gasteiger partial charge < -0.3 is 10.6 Å². The maximum atomic E-state index is 13.7. The van der Waals surface area contributed by atoms with E-state index in [1.807, 2.05) is 0 Å². The van der Waals surface area contributed by atoms with Crippen molar-refractivity contribution in [2.45, 2.75) is 13.5 Å². The van der Waals surface area contributed by atoms with Gasteiger partial charge >= 0.3 is 6.03 Å². The smallest absolute Gasteiger partial charge is 0.325 e. The minimum Gasteiger partial charge on any atom is -0.347 e. The Kier molecular flexibility index (Phi) is 6.40. The van der Waals surface area contributed by atoms with Gasteiger partial charge in [0.2, 0.25) is 0 Å². The number of rotatable bonds is 5. The van der Waals surface area contributed by atoms with E-state index in [1.54, 1.807) is 31.2 Å². The molecule has 0 saturated heterocycles. The summed E-state index contributed by atoms with van der Waals surface area (Å²) < 4.78 is 27.3. The second-order valence-corrected chi connectivity index (χ2v) is 7.34. The standard InChI is InChI=1S/C19H15ClF2N4O2S/c1-10-16(17(27)23-9-13-14(21)6-3-7-15(13)22)29-19(24-10)26-18(28)25-12-5-2-4-11(20)8-12/h2-8H,9H2,1H3,(H,23,27)(H2,24,25,26,28). The molecule has 3 amide bonds. The summed E-state index contributed by atoms with van der Waals surface area (Å²) in [7, 11) is 0. The Labute approximate surface area is 173 Å². The molecule has 0 aliphatic heterocycles. The molecule has 0 spiro atoms. The first-order valence-corrected chi connectivity index (χ1v) is 9.55. The van der Waals surface area contributed by atoms with Crippen LogP contribution in [0.2, 0.25) is 5.02 Å². The van der Waals surface area contributed by atoms with Crippen LogP contribution < -0.4 is 16.0 Å². The first-order valence-electron chi connectivity index (χ1n) is 8.35. The van der Waals surface area contributed by atoms with Crippen molar-refractivity contribution in [3.8, 4) is 0 Å². The minimum atomic E-state index is -0.744. The zero-order valence-corrected chi connectivity index (χ0v) is 16.6. The lowest BCUT2D eigenvalue weighted by atomic mass is 10.2. The highest BCUT2D eigenvalue weighted by Crippen LogP contribution is 2.23. The molecule has 10 heteroatoms. The van der Waals surface area contributed by atoms with Gasteiger partial charge in [0.25, 0.3) is 5.91 Å². The van der Waals surface area contributed by atoms with Crippen molar-refractivity contribution >= 4 is 45.7 Å². The highest BCUT2D eigenvalue weighted by atomic mass is 35.5. The fraction of sp³-hybridized carbons (Fsp3) is 0.105. The molecule has 0 aliphatic carbocycles. The topological polar surface area (TPSA) is 83.1 Å². The maximum absolute atomic E-state index is 13.7. The third kappa shape index (κ3) is 5.27. The van der Waals surface area contributed by atoms with Gasteiger partial charge in [0.15, 0.2) is 5.13 Å². The van der Waals surface area contributed by atoms with Gasteiger partial charge in [-0.3, -0.25) is 10.1 Å². The number of carbonyl (C=O) groups excluding carboxylic acids is 2. The molecule has 3 rings (SSSR count). The van der Waals surface area contributed by atoms with E-state index in [0.717, 1.165) is 23.5 Å². The van der Waals surface area contributed by atoms with E-state index in [1.165, 1.54) is 6.07 Å². The van der Waals surface area contributed by atoms with E-state index < -0.39 is 23.6 Å². The Bertz CT molecular complexity index is 1050. The number of carbonyl (C=O) groups is 2. The number of urea groups is 1. The Hall–Kier alpha value is -3.04. The molecule has 1 heterocycles. The first kappa shape index (κ1) is 20.7. The maximum Gasteiger partial charge on any atom is 0.325 e. The van der Waals surface area contributed by atoms with E-state index in [9.17, 15) is 18.4 Å². The van der Waals surface area contributed by atoms with Crippen molar-refractivity contribution < 1.29 is 18.4 Å². The van der Waals surface area contributed by atoms with Crippen molar-refractivity contribution in [1.82, 2.24) is 10.3 Å². The molecule has 0 bridgehead atoms. The quantitative estimate of drug-likeness (QED) is 0.528. The van der Waals surface area contributed by atoms with Crippen LogP contribution in [-0.4, -0.2) is 16.9 Å². The van der Waals surface area contributed by atoms with Gasteiger partial charge in [-0.2, -0.15) is 0 Å². The number of anilines is 2. The molecule has 0 radical (unpaired) electrons. The Morgan fingerprint density at radius 1 is 1.10 bits per heavy atom. The average molecular weight is 437 g/mol. The molecule has 29 heavy (non-hydrogen) atoms. The summed E-state index contributed by atoms with van der Waals surface area (Å²) >= 11 is 6.81. The summed E-state index contributed by atoms with van der Waals surface area (Å²) in [6, 6.07) is 9.52. The molecule has 6 nitrogen and oxygen atoms in total. The average Bonchev–Trinajstić information content (AvgIpc) is 3.01. The summed E-state index contributed by atoms with van der Waals surface area (Å²) in [4.78, 5) is 28.8. The van der Waals surface area contributed by atoms with Crippen LogP contribution in [0.3, 0.4) is 0 Å². The second kappa shape index (κ2) is 8.97. The second-order valence-electron chi connectivity index (χ2n) is 5.91. The molecule has 3 aromatic rings. The summed E-state index contributed by atoms with van der Waals surface area (Å²) in [6.45, 7) is 1.28. The SMILES string of the molecule is Cc1nc(NC(=O)Nc2cccc(Cl)c2)sc1C(=O)NCc1c(F)cccc1F. The number of aryl methyl sites for hydroxylation is 1. The first-order chi connectivity index (χ1) is 13.8. The van der Waals surface area contributed by atoms with Crippen LogP contribution in [0.4, 0.5) is 24.4 Å². The number of halogens is 3. The predicted octanol–water partition coefficient (Wildman–Crippen LogP) is 4.96. The van der Waals surface area contributed by atoms with Crippen molar-refractivity contribution in [2.75, 3.05) is 10.6 Å². The van der Waals surface area contributed by atoms with Crippen LogP contribution >= 0.6 is 22.9 Å². The number of nitrogens with zero attached hydrogens (tertiary/aromatic N) is 1. The van der Waals surface area contributed by atoms with Gasteiger partial charge in [0.1, 0.15) is 16.5 Å². The van der Waals surface area contributed by atoms with E-state index in [4.69, 9.17) is 11.6 Å². The molecule has 0 unspecified atom stereocenters. The number of hydrogen-bond acceptors (Lipinski definition) is 4.